The van der Waals surface area contributed by atoms with E-state index in [9.17, 15) is 4.79 Å². The zero-order valence-corrected chi connectivity index (χ0v) is 12.6. The molecule has 0 spiro atoms. The van der Waals surface area contributed by atoms with Gasteiger partial charge in [0.05, 0.1) is 5.69 Å². The second kappa shape index (κ2) is 6.88. The number of nitrogens with zero attached hydrogens (tertiary/aromatic N) is 2. The van der Waals surface area contributed by atoms with Crippen LogP contribution in [-0.2, 0) is 16.0 Å². The first-order valence-corrected chi connectivity index (χ1v) is 7.30. The number of rotatable bonds is 5. The summed E-state index contributed by atoms with van der Waals surface area (Å²) in [7, 11) is 1.74. The number of piperidine rings is 1. The van der Waals surface area contributed by atoms with E-state index in [2.05, 4.69) is 5.16 Å². The number of hydrogen-bond donors (Lipinski definition) is 0. The third kappa shape index (κ3) is 3.60. The van der Waals surface area contributed by atoms with Gasteiger partial charge in [-0.1, -0.05) is 5.16 Å². The van der Waals surface area contributed by atoms with E-state index in [0.717, 1.165) is 56.0 Å². The van der Waals surface area contributed by atoms with Crippen LogP contribution in [0.3, 0.4) is 0 Å². The molecular formula is C15H24N2O3. The molecule has 0 bridgehead atoms. The first-order chi connectivity index (χ1) is 9.61. The Morgan fingerprint density at radius 2 is 2.10 bits per heavy atom. The van der Waals surface area contributed by atoms with Crippen molar-refractivity contribution in [2.75, 3.05) is 26.8 Å². The number of aromatic nitrogens is 1. The summed E-state index contributed by atoms with van der Waals surface area (Å²) in [6.07, 6.45) is 3.35. The van der Waals surface area contributed by atoms with Crippen molar-refractivity contribution in [2.45, 2.75) is 39.5 Å². The highest BCUT2D eigenvalue weighted by molar-refractivity contribution is 5.76. The summed E-state index contributed by atoms with van der Waals surface area (Å²) in [5, 5.41) is 3.92. The SMILES string of the molecule is COCC1CCN(C(=O)CCc2c(C)noc2C)CC1. The summed E-state index contributed by atoms with van der Waals surface area (Å²) in [5.74, 6) is 1.67. The van der Waals surface area contributed by atoms with Crippen LogP contribution >= 0.6 is 0 Å². The van der Waals surface area contributed by atoms with Crippen LogP contribution in [0.1, 0.15) is 36.3 Å². The molecule has 1 fully saturated rings. The Bertz CT molecular complexity index is 428. The lowest BCUT2D eigenvalue weighted by Gasteiger charge is -2.31. The van der Waals surface area contributed by atoms with Crippen LogP contribution in [-0.4, -0.2) is 42.8 Å². The minimum atomic E-state index is 0.237. The smallest absolute Gasteiger partial charge is 0.222 e. The lowest BCUT2D eigenvalue weighted by atomic mass is 9.97. The molecule has 0 aromatic carbocycles. The fourth-order valence-corrected chi connectivity index (χ4v) is 2.83. The van der Waals surface area contributed by atoms with Gasteiger partial charge in [0, 0.05) is 38.8 Å². The Kier molecular flexibility index (Phi) is 5.17. The van der Waals surface area contributed by atoms with Crippen molar-refractivity contribution >= 4 is 5.91 Å². The second-order valence-electron chi connectivity index (χ2n) is 5.58. The lowest BCUT2D eigenvalue weighted by Crippen LogP contribution is -2.39. The van der Waals surface area contributed by atoms with Crippen molar-refractivity contribution in [1.82, 2.24) is 10.1 Å². The van der Waals surface area contributed by atoms with Gasteiger partial charge in [0.1, 0.15) is 5.76 Å². The standard InChI is InChI=1S/C15H24N2O3/c1-11-14(12(2)20-16-11)4-5-15(18)17-8-6-13(7-9-17)10-19-3/h13H,4-10H2,1-3H3. The van der Waals surface area contributed by atoms with Gasteiger partial charge in [-0.2, -0.15) is 0 Å². The summed E-state index contributed by atoms with van der Waals surface area (Å²) < 4.78 is 10.3. The van der Waals surface area contributed by atoms with Gasteiger partial charge < -0.3 is 14.2 Å². The van der Waals surface area contributed by atoms with Crippen molar-refractivity contribution < 1.29 is 14.1 Å². The van der Waals surface area contributed by atoms with E-state index in [1.807, 2.05) is 18.7 Å². The van der Waals surface area contributed by atoms with E-state index in [1.54, 1.807) is 7.11 Å². The number of aryl methyl sites for hydroxylation is 2. The topological polar surface area (TPSA) is 55.6 Å². The molecule has 0 aliphatic carbocycles. The number of likely N-dealkylation sites (tertiary alicyclic amines) is 1. The van der Waals surface area contributed by atoms with E-state index in [0.29, 0.717) is 12.3 Å². The van der Waals surface area contributed by atoms with Gasteiger partial charge in [-0.05, 0) is 39.0 Å². The number of ether oxygens (including phenoxy) is 1. The fraction of sp³-hybridized carbons (Fsp3) is 0.733. The molecule has 2 heterocycles. The maximum Gasteiger partial charge on any atom is 0.222 e. The van der Waals surface area contributed by atoms with Gasteiger partial charge in [-0.25, -0.2) is 0 Å². The number of amides is 1. The Balaban J connectivity index is 1.79. The highest BCUT2D eigenvalue weighted by atomic mass is 16.5. The van der Waals surface area contributed by atoms with Gasteiger partial charge in [-0.15, -0.1) is 0 Å². The van der Waals surface area contributed by atoms with Gasteiger partial charge in [0.15, 0.2) is 0 Å². The van der Waals surface area contributed by atoms with Crippen LogP contribution in [0.4, 0.5) is 0 Å². The predicted octanol–water partition coefficient (Wildman–Crippen LogP) is 2.11. The Morgan fingerprint density at radius 3 is 2.65 bits per heavy atom. The Hall–Kier alpha value is -1.36. The van der Waals surface area contributed by atoms with Crippen LogP contribution in [0.2, 0.25) is 0 Å². The molecule has 0 saturated carbocycles. The van der Waals surface area contributed by atoms with E-state index >= 15 is 0 Å². The summed E-state index contributed by atoms with van der Waals surface area (Å²) in [4.78, 5) is 14.2. The minimum absolute atomic E-state index is 0.237. The lowest BCUT2D eigenvalue weighted by molar-refractivity contribution is -0.132. The first kappa shape index (κ1) is 15.0. The number of carbonyl (C=O) groups excluding carboxylic acids is 1. The highest BCUT2D eigenvalue weighted by Crippen LogP contribution is 2.19. The van der Waals surface area contributed by atoms with E-state index in [4.69, 9.17) is 9.26 Å². The van der Waals surface area contributed by atoms with Gasteiger partial charge in [0.2, 0.25) is 5.91 Å². The van der Waals surface area contributed by atoms with E-state index in [1.165, 1.54) is 0 Å². The molecule has 1 aliphatic heterocycles. The number of hydrogen-bond acceptors (Lipinski definition) is 4. The third-order valence-corrected chi connectivity index (χ3v) is 4.14. The quantitative estimate of drug-likeness (QED) is 0.829. The van der Waals surface area contributed by atoms with E-state index in [-0.39, 0.29) is 5.91 Å². The monoisotopic (exact) mass is 280 g/mol. The number of carbonyl (C=O) groups is 1. The normalized spacial score (nSPS) is 16.6. The molecule has 1 amide bonds. The Morgan fingerprint density at radius 1 is 1.40 bits per heavy atom. The summed E-state index contributed by atoms with van der Waals surface area (Å²) in [6.45, 7) is 6.34. The van der Waals surface area contributed by atoms with Crippen molar-refractivity contribution in [1.29, 1.82) is 0 Å². The van der Waals surface area contributed by atoms with Crippen LogP contribution in [0.5, 0.6) is 0 Å². The molecule has 2 rings (SSSR count). The van der Waals surface area contributed by atoms with Crippen molar-refractivity contribution in [3.63, 3.8) is 0 Å². The average molecular weight is 280 g/mol. The molecule has 0 atom stereocenters. The molecule has 1 aromatic rings. The molecule has 0 N–H and O–H groups in total. The Labute approximate surface area is 120 Å². The molecule has 0 unspecified atom stereocenters. The zero-order chi connectivity index (χ0) is 14.5. The molecule has 1 aromatic heterocycles. The van der Waals surface area contributed by atoms with Gasteiger partial charge in [-0.3, -0.25) is 4.79 Å². The van der Waals surface area contributed by atoms with Crippen molar-refractivity contribution in [3.05, 3.63) is 17.0 Å². The minimum Gasteiger partial charge on any atom is -0.384 e. The second-order valence-corrected chi connectivity index (χ2v) is 5.58. The van der Waals surface area contributed by atoms with Crippen LogP contribution < -0.4 is 0 Å². The molecule has 5 heteroatoms. The third-order valence-electron chi connectivity index (χ3n) is 4.14. The average Bonchev–Trinajstić information content (AvgIpc) is 2.77. The zero-order valence-electron chi connectivity index (χ0n) is 12.6. The van der Waals surface area contributed by atoms with Crippen LogP contribution in [0, 0.1) is 19.8 Å². The van der Waals surface area contributed by atoms with Crippen LogP contribution in [0.25, 0.3) is 0 Å². The van der Waals surface area contributed by atoms with E-state index < -0.39 is 0 Å². The summed E-state index contributed by atoms with van der Waals surface area (Å²) >= 11 is 0. The fourth-order valence-electron chi connectivity index (χ4n) is 2.83. The molecule has 112 valence electrons. The maximum atomic E-state index is 12.2. The highest BCUT2D eigenvalue weighted by Gasteiger charge is 2.23. The molecule has 0 radical (unpaired) electrons. The summed E-state index contributed by atoms with van der Waals surface area (Å²) in [5.41, 5.74) is 1.97. The first-order valence-electron chi connectivity index (χ1n) is 7.30. The number of methoxy groups -OCH3 is 1. The molecule has 1 aliphatic rings. The van der Waals surface area contributed by atoms with Gasteiger partial charge in [0.25, 0.3) is 0 Å². The predicted molar refractivity (Wildman–Crippen MR) is 75.5 cm³/mol. The molecular weight excluding hydrogens is 256 g/mol. The van der Waals surface area contributed by atoms with Crippen molar-refractivity contribution in [2.24, 2.45) is 5.92 Å². The van der Waals surface area contributed by atoms with Crippen molar-refractivity contribution in [3.8, 4) is 0 Å². The maximum absolute atomic E-state index is 12.2. The summed E-state index contributed by atoms with van der Waals surface area (Å²) in [6, 6.07) is 0. The largest absolute Gasteiger partial charge is 0.384 e. The molecule has 5 nitrogen and oxygen atoms in total. The molecule has 20 heavy (non-hydrogen) atoms. The van der Waals surface area contributed by atoms with Gasteiger partial charge >= 0.3 is 0 Å². The molecule has 1 saturated heterocycles. The van der Waals surface area contributed by atoms with Crippen LogP contribution in [0.15, 0.2) is 4.52 Å².